The number of sulfonamides is 1. The predicted molar refractivity (Wildman–Crippen MR) is 77.9 cm³/mol. The van der Waals surface area contributed by atoms with Crippen LogP contribution in [0.5, 0.6) is 0 Å². The van der Waals surface area contributed by atoms with Crippen LogP contribution in [0.4, 0.5) is 5.69 Å². The summed E-state index contributed by atoms with van der Waals surface area (Å²) in [4.78, 5) is 14.1. The molecule has 108 valence electrons. The fraction of sp³-hybridized carbons (Fsp3) is 0.357. The first-order valence-electron chi connectivity index (χ1n) is 6.49. The number of nitrogens with two attached hydrogens (primary N) is 1. The van der Waals surface area contributed by atoms with Gasteiger partial charge in [-0.25, -0.2) is 13.6 Å². The highest BCUT2D eigenvalue weighted by Gasteiger charge is 2.26. The van der Waals surface area contributed by atoms with E-state index >= 15 is 0 Å². The topological polar surface area (TPSA) is 80.5 Å². The second-order valence-corrected chi connectivity index (χ2v) is 6.40. The number of hydrogen-bond donors (Lipinski definition) is 1. The molecule has 6 heteroatoms. The molecule has 1 aromatic carbocycles. The molecule has 1 amide bonds. The van der Waals surface area contributed by atoms with Crippen LogP contribution in [0.1, 0.15) is 25.8 Å². The van der Waals surface area contributed by atoms with Crippen molar-refractivity contribution in [2.45, 2.75) is 31.6 Å². The zero-order valence-corrected chi connectivity index (χ0v) is 12.4. The van der Waals surface area contributed by atoms with E-state index in [1.807, 2.05) is 13.0 Å². The van der Waals surface area contributed by atoms with Gasteiger partial charge in [0.15, 0.2) is 0 Å². The number of rotatable bonds is 3. The van der Waals surface area contributed by atoms with E-state index in [0.29, 0.717) is 18.5 Å². The van der Waals surface area contributed by atoms with Crippen molar-refractivity contribution in [3.05, 3.63) is 35.4 Å². The number of carbonyl (C=O) groups excluding carboxylic acids is 1. The first-order chi connectivity index (χ1) is 9.34. The first-order valence-corrected chi connectivity index (χ1v) is 8.03. The summed E-state index contributed by atoms with van der Waals surface area (Å²) < 4.78 is 22.7. The normalized spacial score (nSPS) is 15.3. The fourth-order valence-corrected chi connectivity index (χ4v) is 2.94. The number of carbonyl (C=O) groups is 1. The highest BCUT2D eigenvalue weighted by molar-refractivity contribution is 7.89. The van der Waals surface area contributed by atoms with Gasteiger partial charge in [-0.05, 0) is 43.5 Å². The van der Waals surface area contributed by atoms with Gasteiger partial charge in [0.1, 0.15) is 0 Å². The molecule has 0 aromatic heterocycles. The van der Waals surface area contributed by atoms with Crippen LogP contribution >= 0.6 is 0 Å². The molecule has 1 heterocycles. The molecular weight excluding hydrogens is 276 g/mol. The predicted octanol–water partition coefficient (Wildman–Crippen LogP) is 1.58. The fourth-order valence-electron chi connectivity index (χ4n) is 2.37. The summed E-state index contributed by atoms with van der Waals surface area (Å²) in [7, 11) is -3.70. The molecule has 0 saturated heterocycles. The van der Waals surface area contributed by atoms with Gasteiger partial charge in [-0.1, -0.05) is 13.0 Å². The van der Waals surface area contributed by atoms with Gasteiger partial charge < -0.3 is 4.90 Å². The molecular formula is C14H18N2O3S. The van der Waals surface area contributed by atoms with E-state index < -0.39 is 10.0 Å². The third kappa shape index (κ3) is 2.76. The van der Waals surface area contributed by atoms with Crippen LogP contribution in [-0.2, 0) is 21.2 Å². The summed E-state index contributed by atoms with van der Waals surface area (Å²) in [5.41, 5.74) is 2.32. The average molecular weight is 294 g/mol. The summed E-state index contributed by atoms with van der Waals surface area (Å²) >= 11 is 0. The molecule has 0 unspecified atom stereocenters. The molecule has 1 aliphatic heterocycles. The Balaban J connectivity index is 2.35. The van der Waals surface area contributed by atoms with Crippen molar-refractivity contribution in [3.63, 3.8) is 0 Å². The monoisotopic (exact) mass is 294 g/mol. The molecule has 0 atom stereocenters. The average Bonchev–Trinajstić information content (AvgIpc) is 2.79. The first kappa shape index (κ1) is 14.7. The van der Waals surface area contributed by atoms with Crippen molar-refractivity contribution in [1.82, 2.24) is 0 Å². The molecule has 1 aromatic rings. The molecule has 0 spiro atoms. The number of amides is 1. The quantitative estimate of drug-likeness (QED) is 0.859. The molecule has 0 aliphatic carbocycles. The highest BCUT2D eigenvalue weighted by atomic mass is 32.2. The molecule has 2 N–H and O–H groups in total. The van der Waals surface area contributed by atoms with Crippen LogP contribution in [-0.4, -0.2) is 20.9 Å². The van der Waals surface area contributed by atoms with E-state index in [2.05, 4.69) is 0 Å². The van der Waals surface area contributed by atoms with E-state index in [4.69, 9.17) is 5.14 Å². The minimum Gasteiger partial charge on any atom is -0.308 e. The number of fused-ring (bicyclic) bond motifs is 1. The Labute approximate surface area is 119 Å². The van der Waals surface area contributed by atoms with Gasteiger partial charge >= 0.3 is 0 Å². The Hall–Kier alpha value is -1.66. The van der Waals surface area contributed by atoms with Crippen molar-refractivity contribution < 1.29 is 13.2 Å². The molecule has 0 bridgehead atoms. The Morgan fingerprint density at radius 3 is 2.75 bits per heavy atom. The molecule has 0 radical (unpaired) electrons. The smallest absolute Gasteiger partial charge is 0.253 e. The Bertz CT molecular complexity index is 678. The van der Waals surface area contributed by atoms with Crippen LogP contribution in [0, 0.1) is 0 Å². The number of nitrogens with zero attached hydrogens (tertiary/aromatic N) is 1. The standard InChI is InChI=1S/C14H18N2O3S/c1-3-4-10(2)14(17)16-8-7-11-9-12(20(15,18)19)5-6-13(11)16/h4-6,9H,3,7-8H2,1-2H3,(H2,15,18,19)/b10-4-. The lowest BCUT2D eigenvalue weighted by Gasteiger charge is -2.17. The van der Waals surface area contributed by atoms with Crippen molar-refractivity contribution in [2.24, 2.45) is 5.14 Å². The molecule has 5 nitrogen and oxygen atoms in total. The maximum Gasteiger partial charge on any atom is 0.253 e. The highest BCUT2D eigenvalue weighted by Crippen LogP contribution is 2.30. The second kappa shape index (κ2) is 5.38. The number of hydrogen-bond acceptors (Lipinski definition) is 3. The van der Waals surface area contributed by atoms with Crippen molar-refractivity contribution in [1.29, 1.82) is 0 Å². The van der Waals surface area contributed by atoms with Gasteiger partial charge in [-0.2, -0.15) is 0 Å². The number of primary sulfonamides is 1. The summed E-state index contributed by atoms with van der Waals surface area (Å²) in [6, 6.07) is 4.65. The number of benzene rings is 1. The zero-order valence-electron chi connectivity index (χ0n) is 11.6. The molecule has 20 heavy (non-hydrogen) atoms. The van der Waals surface area contributed by atoms with Gasteiger partial charge in [0, 0.05) is 17.8 Å². The summed E-state index contributed by atoms with van der Waals surface area (Å²) in [5.74, 6) is -0.0334. The molecule has 2 rings (SSSR count). The van der Waals surface area contributed by atoms with Gasteiger partial charge in [-0.3, -0.25) is 4.79 Å². The Kier molecular flexibility index (Phi) is 3.96. The summed E-state index contributed by atoms with van der Waals surface area (Å²) in [6.45, 7) is 4.34. The van der Waals surface area contributed by atoms with E-state index in [0.717, 1.165) is 17.7 Å². The summed E-state index contributed by atoms with van der Waals surface area (Å²) in [6.07, 6.45) is 3.34. The van der Waals surface area contributed by atoms with Crippen LogP contribution in [0.25, 0.3) is 0 Å². The minimum atomic E-state index is -3.70. The van der Waals surface area contributed by atoms with Crippen molar-refractivity contribution in [2.75, 3.05) is 11.4 Å². The van der Waals surface area contributed by atoms with E-state index in [1.54, 1.807) is 24.0 Å². The lowest BCUT2D eigenvalue weighted by Crippen LogP contribution is -2.29. The SMILES string of the molecule is CC/C=C(/C)C(=O)N1CCc2cc(S(N)(=O)=O)ccc21. The maximum absolute atomic E-state index is 12.3. The third-order valence-electron chi connectivity index (χ3n) is 3.37. The maximum atomic E-state index is 12.3. The van der Waals surface area contributed by atoms with Crippen LogP contribution in [0.3, 0.4) is 0 Å². The molecule has 1 aliphatic rings. The van der Waals surface area contributed by atoms with Gasteiger partial charge in [0.05, 0.1) is 4.90 Å². The van der Waals surface area contributed by atoms with Crippen molar-refractivity contribution in [3.8, 4) is 0 Å². The lowest BCUT2D eigenvalue weighted by atomic mass is 10.1. The Morgan fingerprint density at radius 1 is 1.45 bits per heavy atom. The number of allylic oxidation sites excluding steroid dienone is 1. The van der Waals surface area contributed by atoms with Crippen LogP contribution in [0.15, 0.2) is 34.7 Å². The molecule has 0 saturated carbocycles. The largest absolute Gasteiger partial charge is 0.308 e. The third-order valence-corrected chi connectivity index (χ3v) is 4.28. The van der Waals surface area contributed by atoms with E-state index in [-0.39, 0.29) is 10.8 Å². The van der Waals surface area contributed by atoms with Gasteiger partial charge in [0.25, 0.3) is 5.91 Å². The minimum absolute atomic E-state index is 0.0334. The Morgan fingerprint density at radius 2 is 2.15 bits per heavy atom. The second-order valence-electron chi connectivity index (χ2n) is 4.84. The van der Waals surface area contributed by atoms with Crippen LogP contribution in [0.2, 0.25) is 0 Å². The van der Waals surface area contributed by atoms with Crippen LogP contribution < -0.4 is 10.0 Å². The van der Waals surface area contributed by atoms with E-state index in [9.17, 15) is 13.2 Å². The van der Waals surface area contributed by atoms with Gasteiger partial charge in [-0.15, -0.1) is 0 Å². The molecule has 0 fully saturated rings. The van der Waals surface area contributed by atoms with Crippen molar-refractivity contribution >= 4 is 21.6 Å². The number of anilines is 1. The van der Waals surface area contributed by atoms with E-state index in [1.165, 1.54) is 6.07 Å². The zero-order chi connectivity index (χ0) is 14.9. The lowest BCUT2D eigenvalue weighted by molar-refractivity contribution is -0.115. The summed E-state index contributed by atoms with van der Waals surface area (Å²) in [5, 5.41) is 5.12. The van der Waals surface area contributed by atoms with Gasteiger partial charge in [0.2, 0.25) is 10.0 Å².